The molecule has 69 heavy (non-hydrogen) atoms. The van der Waals surface area contributed by atoms with Crippen LogP contribution in [0, 0.1) is 0 Å². The fourth-order valence-electron chi connectivity index (χ4n) is 9.10. The molecule has 0 aliphatic heterocycles. The van der Waals surface area contributed by atoms with Crippen LogP contribution in [0.4, 0.5) is 0 Å². The van der Waals surface area contributed by atoms with Gasteiger partial charge >= 0.3 is 17.9 Å². The van der Waals surface area contributed by atoms with Crippen LogP contribution in [-0.2, 0) is 28.6 Å². The van der Waals surface area contributed by atoms with Crippen LogP contribution in [-0.4, -0.2) is 111 Å². The second kappa shape index (κ2) is 58.9. The molecular weight excluding hydrogens is 859 g/mol. The van der Waals surface area contributed by atoms with Crippen molar-refractivity contribution in [3.63, 3.8) is 0 Å². The van der Waals surface area contributed by atoms with Crippen molar-refractivity contribution >= 4 is 17.9 Å². The molecule has 0 aliphatic carbocycles. The molecule has 0 radical (unpaired) electrons. The highest BCUT2D eigenvalue weighted by Crippen LogP contribution is 2.14. The van der Waals surface area contributed by atoms with Gasteiger partial charge in [0.15, 0.2) is 0 Å². The molecule has 0 fully saturated rings. The number of carbonyl (C=O) groups is 3. The van der Waals surface area contributed by atoms with Crippen molar-refractivity contribution in [2.45, 2.75) is 292 Å². The second-order valence-electron chi connectivity index (χ2n) is 20.0. The maximum atomic E-state index is 12.8. The summed E-state index contributed by atoms with van der Waals surface area (Å²) < 4.78 is 16.7. The van der Waals surface area contributed by atoms with E-state index in [9.17, 15) is 14.4 Å². The average molecular weight is 981 g/mol. The molecule has 0 unspecified atom stereocenters. The van der Waals surface area contributed by atoms with Crippen molar-refractivity contribution in [2.75, 3.05) is 78.7 Å². The van der Waals surface area contributed by atoms with E-state index in [1.165, 1.54) is 205 Å². The van der Waals surface area contributed by atoms with Crippen LogP contribution >= 0.6 is 0 Å². The van der Waals surface area contributed by atoms with Crippen molar-refractivity contribution < 1.29 is 28.6 Å². The first-order chi connectivity index (χ1) is 33.9. The van der Waals surface area contributed by atoms with Crippen molar-refractivity contribution in [1.29, 1.82) is 0 Å². The van der Waals surface area contributed by atoms with Gasteiger partial charge in [-0.15, -0.1) is 0 Å². The third-order valence-electron chi connectivity index (χ3n) is 13.5. The summed E-state index contributed by atoms with van der Waals surface area (Å²) >= 11 is 0. The van der Waals surface area contributed by atoms with Gasteiger partial charge in [-0.3, -0.25) is 19.3 Å². The largest absolute Gasteiger partial charge is 0.466 e. The lowest BCUT2D eigenvalue weighted by Crippen LogP contribution is -2.33. The van der Waals surface area contributed by atoms with Crippen molar-refractivity contribution in [2.24, 2.45) is 0 Å². The predicted molar refractivity (Wildman–Crippen MR) is 297 cm³/mol. The maximum Gasteiger partial charge on any atom is 0.320 e. The van der Waals surface area contributed by atoms with Gasteiger partial charge in [0.05, 0.1) is 39.2 Å². The molecule has 0 spiro atoms. The third-order valence-corrected chi connectivity index (χ3v) is 13.5. The number of nitrogens with zero attached hydrogens (tertiary/aromatic N) is 3. The molecule has 0 aliphatic rings. The Morgan fingerprint density at radius 2 is 0.522 bits per heavy atom. The molecule has 0 rings (SSSR count). The number of ether oxygens (including phenoxy) is 3. The maximum absolute atomic E-state index is 12.8. The van der Waals surface area contributed by atoms with E-state index in [2.05, 4.69) is 42.4 Å². The van der Waals surface area contributed by atoms with Gasteiger partial charge in [0.1, 0.15) is 0 Å². The molecule has 9 heteroatoms. The summed E-state index contributed by atoms with van der Waals surface area (Å²) in [5, 5.41) is 0. The molecule has 0 saturated heterocycles. The molecular formula is C60H121N3O6. The predicted octanol–water partition coefficient (Wildman–Crippen LogP) is 16.5. The highest BCUT2D eigenvalue weighted by Gasteiger charge is 2.14. The monoisotopic (exact) mass is 980 g/mol. The van der Waals surface area contributed by atoms with E-state index in [-0.39, 0.29) is 24.5 Å². The van der Waals surface area contributed by atoms with E-state index >= 15 is 0 Å². The quantitative estimate of drug-likeness (QED) is 0.0336. The average Bonchev–Trinajstić information content (AvgIpc) is 3.35. The summed E-state index contributed by atoms with van der Waals surface area (Å²) in [6.07, 6.45) is 46.3. The highest BCUT2D eigenvalue weighted by molar-refractivity contribution is 5.71. The molecule has 0 aromatic heterocycles. The van der Waals surface area contributed by atoms with Gasteiger partial charge in [0, 0.05) is 13.1 Å². The Hall–Kier alpha value is -1.71. The van der Waals surface area contributed by atoms with Crippen molar-refractivity contribution in [3.8, 4) is 0 Å². The molecule has 0 saturated carbocycles. The first kappa shape index (κ1) is 69.4. The Morgan fingerprint density at radius 3 is 0.797 bits per heavy atom. The van der Waals surface area contributed by atoms with Crippen LogP contribution in [0.2, 0.25) is 0 Å². The van der Waals surface area contributed by atoms with Gasteiger partial charge in [-0.1, -0.05) is 221 Å². The topological polar surface area (TPSA) is 88.6 Å². The van der Waals surface area contributed by atoms with Gasteiger partial charge in [0.25, 0.3) is 0 Å². The van der Waals surface area contributed by atoms with Gasteiger partial charge in [-0.2, -0.15) is 0 Å². The lowest BCUT2D eigenvalue weighted by Gasteiger charge is -2.22. The SMILES string of the molecule is CC.CCCCCCCCCCN(CCCCCCCCCC)CCC(=O)OCCCCN(CCCCOC(=O)CCN(CCCCCCCCCC)CCCCCCCCCC)CC(=O)OCC. The minimum Gasteiger partial charge on any atom is -0.466 e. The van der Waals surface area contributed by atoms with E-state index < -0.39 is 0 Å². The Kier molecular flexibility index (Phi) is 59.2. The smallest absolute Gasteiger partial charge is 0.320 e. The zero-order valence-electron chi connectivity index (χ0n) is 47.6. The molecule has 0 heterocycles. The number of carbonyl (C=O) groups excluding carboxylic acids is 3. The number of esters is 3. The number of unbranched alkanes of at least 4 members (excludes halogenated alkanes) is 30. The number of hydrogen-bond acceptors (Lipinski definition) is 9. The van der Waals surface area contributed by atoms with Gasteiger partial charge in [-0.25, -0.2) is 0 Å². The fourth-order valence-corrected chi connectivity index (χ4v) is 9.10. The van der Waals surface area contributed by atoms with Crippen LogP contribution in [0.3, 0.4) is 0 Å². The summed E-state index contributed by atoms with van der Waals surface area (Å²) in [6, 6.07) is 0. The molecule has 0 aromatic rings. The summed E-state index contributed by atoms with van der Waals surface area (Å²) in [5.74, 6) is -0.420. The van der Waals surface area contributed by atoms with Crippen LogP contribution in [0.5, 0.6) is 0 Å². The normalized spacial score (nSPS) is 11.4. The second-order valence-corrected chi connectivity index (χ2v) is 20.0. The molecule has 412 valence electrons. The summed E-state index contributed by atoms with van der Waals surface area (Å²) in [6.45, 7) is 23.7. The Balaban J connectivity index is 0. The number of hydrogen-bond donors (Lipinski definition) is 0. The Bertz CT molecular complexity index is 936. The molecule has 0 atom stereocenters. The molecule has 0 amide bonds. The molecule has 0 bridgehead atoms. The van der Waals surface area contributed by atoms with Crippen LogP contribution in [0.1, 0.15) is 292 Å². The zero-order valence-corrected chi connectivity index (χ0v) is 47.6. The first-order valence-electron chi connectivity index (χ1n) is 30.5. The van der Waals surface area contributed by atoms with Crippen molar-refractivity contribution in [1.82, 2.24) is 14.7 Å². The Morgan fingerprint density at radius 1 is 0.275 bits per heavy atom. The summed E-state index contributed by atoms with van der Waals surface area (Å²) in [4.78, 5) is 45.2. The van der Waals surface area contributed by atoms with Gasteiger partial charge in [-0.05, 0) is 97.6 Å². The molecule has 0 aromatic carbocycles. The minimum atomic E-state index is -0.215. The van der Waals surface area contributed by atoms with E-state index in [1.54, 1.807) is 0 Å². The minimum absolute atomic E-state index is 0.102. The van der Waals surface area contributed by atoms with E-state index in [1.807, 2.05) is 20.8 Å². The highest BCUT2D eigenvalue weighted by atomic mass is 16.5. The van der Waals surface area contributed by atoms with Crippen LogP contribution < -0.4 is 0 Å². The summed E-state index contributed by atoms with van der Waals surface area (Å²) in [5.41, 5.74) is 0. The molecule has 9 nitrogen and oxygen atoms in total. The first-order valence-corrected chi connectivity index (χ1v) is 30.5. The summed E-state index contributed by atoms with van der Waals surface area (Å²) in [7, 11) is 0. The van der Waals surface area contributed by atoms with Crippen LogP contribution in [0.15, 0.2) is 0 Å². The third kappa shape index (κ3) is 53.9. The van der Waals surface area contributed by atoms with Crippen LogP contribution in [0.25, 0.3) is 0 Å². The van der Waals surface area contributed by atoms with E-state index in [0.29, 0.717) is 32.7 Å². The standard InChI is InChI=1S/C58H115N3O6.C2H6/c1-6-11-15-19-23-27-31-35-45-59(46-36-32-28-24-20-16-12-7-2)51-43-56(62)66-53-41-39-49-61(55-58(64)65-10-5)50-40-42-54-67-57(63)44-52-60(47-37-33-29-25-21-17-13-8-3)48-38-34-30-26-22-18-14-9-4;1-2/h6-55H2,1-5H3;1-2H3. The zero-order chi connectivity index (χ0) is 50.9. The van der Waals surface area contributed by atoms with E-state index in [0.717, 1.165) is 78.0 Å². The lowest BCUT2D eigenvalue weighted by molar-refractivity contribution is -0.145. The number of rotatable bonds is 55. The Labute approximate surface area is 430 Å². The fraction of sp³-hybridized carbons (Fsp3) is 0.950. The lowest BCUT2D eigenvalue weighted by atomic mass is 10.1. The van der Waals surface area contributed by atoms with Gasteiger partial charge < -0.3 is 24.0 Å². The van der Waals surface area contributed by atoms with E-state index in [4.69, 9.17) is 14.2 Å². The van der Waals surface area contributed by atoms with Gasteiger partial charge in [0.2, 0.25) is 0 Å². The van der Waals surface area contributed by atoms with Crippen molar-refractivity contribution in [3.05, 3.63) is 0 Å². The molecule has 0 N–H and O–H groups in total.